The van der Waals surface area contributed by atoms with Crippen molar-refractivity contribution in [2.24, 2.45) is 0 Å². The van der Waals surface area contributed by atoms with Gasteiger partial charge in [0.25, 0.3) is 11.8 Å². The molecule has 58 heavy (non-hydrogen) atoms. The Morgan fingerprint density at radius 2 is 1.62 bits per heavy atom. The van der Waals surface area contributed by atoms with Crippen molar-refractivity contribution < 1.29 is 46.9 Å². The summed E-state index contributed by atoms with van der Waals surface area (Å²) in [4.78, 5) is 58.7. The number of halogens is 2. The van der Waals surface area contributed by atoms with Crippen molar-refractivity contribution in [2.45, 2.75) is 59.7 Å². The zero-order valence-electron chi connectivity index (χ0n) is 33.0. The number of aromatic nitrogens is 1. The number of hydrogen-bond donors (Lipinski definition) is 3. The van der Waals surface area contributed by atoms with E-state index in [0.29, 0.717) is 30.0 Å². The van der Waals surface area contributed by atoms with Crippen LogP contribution < -0.4 is 25.4 Å². The number of pyridine rings is 1. The standard InChI is InChI=1S/C43H42F2N4O8S/c1-22-16-24(20-47-42(53)57-43(3,4)5)17-23(2)36(22)49-39(50)28-18-29-34(56-14-12-25-13-15-58-38(25)29)19-27(28)26-8-10-32(48-37(26)41(52)55-7)40(51)46-21-30-31(44)9-11-33(54-6)35(30)45/h8-11,13,15-19H,12,14,20-21H2,1-7H3,(H,46,51)(H,47,53)(H,49,50). The Hall–Kier alpha value is -6.35. The van der Waals surface area contributed by atoms with Crippen molar-refractivity contribution in [3.8, 4) is 33.1 Å². The van der Waals surface area contributed by atoms with E-state index >= 15 is 0 Å². The number of thiophene rings is 1. The number of carbonyl (C=O) groups is 4. The summed E-state index contributed by atoms with van der Waals surface area (Å²) in [5, 5.41) is 10.2. The van der Waals surface area contributed by atoms with Crippen LogP contribution >= 0.6 is 11.3 Å². The number of amides is 3. The van der Waals surface area contributed by atoms with Crippen molar-refractivity contribution in [2.75, 3.05) is 26.1 Å². The van der Waals surface area contributed by atoms with E-state index in [9.17, 15) is 28.0 Å². The second kappa shape index (κ2) is 17.0. The van der Waals surface area contributed by atoms with Gasteiger partial charge in [0.2, 0.25) is 0 Å². The van der Waals surface area contributed by atoms with Crippen LogP contribution in [0, 0.1) is 25.5 Å². The normalized spacial score (nSPS) is 11.9. The number of nitrogens with zero attached hydrogens (tertiary/aromatic N) is 1. The molecule has 0 spiro atoms. The van der Waals surface area contributed by atoms with Gasteiger partial charge in [0.05, 0.1) is 20.8 Å². The van der Waals surface area contributed by atoms with E-state index in [-0.39, 0.29) is 40.4 Å². The first-order chi connectivity index (χ1) is 27.6. The summed E-state index contributed by atoms with van der Waals surface area (Å²) in [6.07, 6.45) is 0.0857. The van der Waals surface area contributed by atoms with E-state index < -0.39 is 53.2 Å². The van der Waals surface area contributed by atoms with Gasteiger partial charge in [-0.25, -0.2) is 23.4 Å². The fourth-order valence-corrected chi connectivity index (χ4v) is 7.54. The van der Waals surface area contributed by atoms with Crippen molar-refractivity contribution in [1.82, 2.24) is 15.6 Å². The molecular formula is C43H42F2N4O8S. The molecule has 0 radical (unpaired) electrons. The zero-order valence-corrected chi connectivity index (χ0v) is 33.8. The molecule has 5 aromatic rings. The number of alkyl carbamates (subject to hydrolysis) is 1. The van der Waals surface area contributed by atoms with Crippen LogP contribution in [0.15, 0.2) is 60.0 Å². The van der Waals surface area contributed by atoms with Gasteiger partial charge in [0.1, 0.15) is 22.9 Å². The summed E-state index contributed by atoms with van der Waals surface area (Å²) >= 11 is 1.51. The second-order valence-electron chi connectivity index (χ2n) is 14.5. The molecule has 2 aromatic heterocycles. The minimum Gasteiger partial charge on any atom is -0.494 e. The lowest BCUT2D eigenvalue weighted by molar-refractivity contribution is 0.0521. The second-order valence-corrected chi connectivity index (χ2v) is 15.4. The third-order valence-electron chi connectivity index (χ3n) is 9.24. The number of fused-ring (bicyclic) bond motifs is 3. The van der Waals surface area contributed by atoms with E-state index in [1.807, 2.05) is 37.4 Å². The lowest BCUT2D eigenvalue weighted by Gasteiger charge is -2.20. The Labute approximate surface area is 337 Å². The molecule has 0 bridgehead atoms. The smallest absolute Gasteiger partial charge is 0.407 e. The van der Waals surface area contributed by atoms with Crippen LogP contribution in [0.25, 0.3) is 21.6 Å². The van der Waals surface area contributed by atoms with Crippen molar-refractivity contribution >= 4 is 40.9 Å². The molecule has 1 aliphatic rings. The molecular weight excluding hydrogens is 771 g/mol. The molecule has 0 atom stereocenters. The third-order valence-corrected chi connectivity index (χ3v) is 10.2. The van der Waals surface area contributed by atoms with E-state index in [0.717, 1.165) is 46.4 Å². The SMILES string of the molecule is COC(=O)c1nc(C(=O)NCc2c(F)ccc(OC)c2F)ccc1-c1cc2c(cc1C(=O)Nc1c(C)cc(CNC(=O)OC(C)(C)C)cc1C)-c1sccc1CCO2. The highest BCUT2D eigenvalue weighted by Gasteiger charge is 2.28. The fourth-order valence-electron chi connectivity index (χ4n) is 6.56. The molecule has 12 nitrogen and oxygen atoms in total. The molecule has 6 rings (SSSR count). The van der Waals surface area contributed by atoms with Crippen LogP contribution in [0.5, 0.6) is 11.5 Å². The number of nitrogens with one attached hydrogen (secondary N) is 3. The number of rotatable bonds is 10. The Bertz CT molecular complexity index is 2420. The van der Waals surface area contributed by atoms with Crippen molar-refractivity contribution in [3.63, 3.8) is 0 Å². The van der Waals surface area contributed by atoms with Gasteiger partial charge in [-0.15, -0.1) is 11.3 Å². The highest BCUT2D eigenvalue weighted by Crippen LogP contribution is 2.43. The molecule has 3 N–H and O–H groups in total. The molecule has 0 unspecified atom stereocenters. The van der Waals surface area contributed by atoms with E-state index in [1.54, 1.807) is 32.9 Å². The zero-order chi connectivity index (χ0) is 41.9. The van der Waals surface area contributed by atoms with Gasteiger partial charge in [-0.1, -0.05) is 12.1 Å². The van der Waals surface area contributed by atoms with Crippen LogP contribution in [-0.2, 0) is 29.0 Å². The van der Waals surface area contributed by atoms with E-state index in [2.05, 4.69) is 20.9 Å². The van der Waals surface area contributed by atoms with Crippen LogP contribution in [0.3, 0.4) is 0 Å². The number of methoxy groups -OCH3 is 2. The largest absolute Gasteiger partial charge is 0.494 e. The van der Waals surface area contributed by atoms with Crippen LogP contribution in [0.1, 0.15) is 79.9 Å². The molecule has 15 heteroatoms. The van der Waals surface area contributed by atoms with Gasteiger partial charge in [-0.2, -0.15) is 0 Å². The predicted molar refractivity (Wildman–Crippen MR) is 215 cm³/mol. The highest BCUT2D eigenvalue weighted by atomic mass is 32.1. The van der Waals surface area contributed by atoms with Gasteiger partial charge in [0, 0.05) is 57.9 Å². The predicted octanol–water partition coefficient (Wildman–Crippen LogP) is 8.31. The Kier molecular flexibility index (Phi) is 12.1. The average molecular weight is 813 g/mol. The number of ether oxygens (including phenoxy) is 4. The van der Waals surface area contributed by atoms with Crippen LogP contribution in [0.4, 0.5) is 19.3 Å². The number of esters is 1. The summed E-state index contributed by atoms with van der Waals surface area (Å²) in [6, 6.07) is 14.0. The quantitative estimate of drug-likeness (QED) is 0.118. The molecule has 302 valence electrons. The molecule has 0 aliphatic carbocycles. The van der Waals surface area contributed by atoms with E-state index in [1.165, 1.54) is 30.6 Å². The monoisotopic (exact) mass is 812 g/mol. The van der Waals surface area contributed by atoms with Gasteiger partial charge in [0.15, 0.2) is 17.3 Å². The minimum absolute atomic E-state index is 0.164. The van der Waals surface area contributed by atoms with Crippen LogP contribution in [0.2, 0.25) is 0 Å². The molecule has 0 fully saturated rings. The third kappa shape index (κ3) is 8.94. The Morgan fingerprint density at radius 1 is 0.879 bits per heavy atom. The number of anilines is 1. The Balaban J connectivity index is 1.37. The van der Waals surface area contributed by atoms with Crippen LogP contribution in [-0.4, -0.2) is 55.3 Å². The number of aryl methyl sites for hydroxylation is 2. The summed E-state index contributed by atoms with van der Waals surface area (Å²) in [5.41, 5.74) is 3.54. The van der Waals surface area contributed by atoms with Gasteiger partial charge in [-0.3, -0.25) is 9.59 Å². The molecule has 3 heterocycles. The summed E-state index contributed by atoms with van der Waals surface area (Å²) in [6.45, 7) is 9.04. The molecule has 0 saturated heterocycles. The molecule has 3 aromatic carbocycles. The highest BCUT2D eigenvalue weighted by molar-refractivity contribution is 7.13. The summed E-state index contributed by atoms with van der Waals surface area (Å²) in [7, 11) is 2.39. The van der Waals surface area contributed by atoms with E-state index in [4.69, 9.17) is 18.9 Å². The van der Waals surface area contributed by atoms with Crippen molar-refractivity contribution in [1.29, 1.82) is 0 Å². The van der Waals surface area contributed by atoms with Crippen molar-refractivity contribution in [3.05, 3.63) is 116 Å². The maximum atomic E-state index is 14.8. The first-order valence-electron chi connectivity index (χ1n) is 18.2. The topological polar surface area (TPSA) is 154 Å². The molecule has 3 amide bonds. The molecule has 1 aliphatic heterocycles. The van der Waals surface area contributed by atoms with Gasteiger partial charge >= 0.3 is 12.1 Å². The first kappa shape index (κ1) is 41.3. The summed E-state index contributed by atoms with van der Waals surface area (Å²) in [5.74, 6) is -3.82. The number of hydrogen-bond acceptors (Lipinski definition) is 10. The lowest BCUT2D eigenvalue weighted by atomic mass is 9.93. The maximum Gasteiger partial charge on any atom is 0.407 e. The summed E-state index contributed by atoms with van der Waals surface area (Å²) < 4.78 is 50.9. The fraction of sp³-hybridized carbons (Fsp3) is 0.279. The van der Waals surface area contributed by atoms with Gasteiger partial charge in [-0.05, 0) is 105 Å². The Morgan fingerprint density at radius 3 is 2.31 bits per heavy atom. The maximum absolute atomic E-state index is 14.8. The average Bonchev–Trinajstić information content (AvgIpc) is 3.58. The van der Waals surface area contributed by atoms with Gasteiger partial charge < -0.3 is 34.9 Å². The first-order valence-corrected chi connectivity index (χ1v) is 19.1. The minimum atomic E-state index is -0.969. The number of benzene rings is 3. The number of carbonyl (C=O) groups excluding carboxylic acids is 4. The lowest BCUT2D eigenvalue weighted by Crippen LogP contribution is -2.32. The molecule has 0 saturated carbocycles.